The molecule has 0 spiro atoms. The summed E-state index contributed by atoms with van der Waals surface area (Å²) in [6, 6.07) is 8.08. The Kier molecular flexibility index (Phi) is 4.42. The lowest BCUT2D eigenvalue weighted by atomic mass is 9.97. The highest BCUT2D eigenvalue weighted by atomic mass is 16.2. The van der Waals surface area contributed by atoms with Gasteiger partial charge in [-0.05, 0) is 56.6 Å². The van der Waals surface area contributed by atoms with Crippen LogP contribution in [0.2, 0.25) is 0 Å². The van der Waals surface area contributed by atoms with Crippen molar-refractivity contribution >= 4 is 11.8 Å². The minimum absolute atomic E-state index is 0.00796. The van der Waals surface area contributed by atoms with Crippen LogP contribution in [0.1, 0.15) is 50.2 Å². The highest BCUT2D eigenvalue weighted by Crippen LogP contribution is 2.39. The van der Waals surface area contributed by atoms with Gasteiger partial charge in [-0.25, -0.2) is 0 Å². The molecular weight excluding hydrogens is 288 g/mol. The molecule has 1 atom stereocenters. The fourth-order valence-electron chi connectivity index (χ4n) is 3.60. The molecule has 124 valence electrons. The van der Waals surface area contributed by atoms with Crippen molar-refractivity contribution in [2.75, 3.05) is 6.54 Å². The fraction of sp³-hybridized carbons (Fsp3) is 0.579. The molecule has 1 saturated heterocycles. The van der Waals surface area contributed by atoms with E-state index in [9.17, 15) is 9.59 Å². The number of nitrogens with zero attached hydrogens (tertiary/aromatic N) is 1. The number of amides is 2. The van der Waals surface area contributed by atoms with Crippen LogP contribution in [-0.4, -0.2) is 34.8 Å². The molecule has 1 aromatic rings. The Morgan fingerprint density at radius 2 is 2.00 bits per heavy atom. The summed E-state index contributed by atoms with van der Waals surface area (Å²) in [6.45, 7) is 4.38. The minimum atomic E-state index is -0.282. The van der Waals surface area contributed by atoms with Gasteiger partial charge >= 0.3 is 0 Å². The maximum Gasteiger partial charge on any atom is 0.243 e. The zero-order valence-corrected chi connectivity index (χ0v) is 14.1. The van der Waals surface area contributed by atoms with Crippen LogP contribution < -0.4 is 5.32 Å². The molecule has 1 aromatic carbocycles. The summed E-state index contributed by atoms with van der Waals surface area (Å²) >= 11 is 0. The molecule has 1 saturated carbocycles. The van der Waals surface area contributed by atoms with Gasteiger partial charge in [-0.15, -0.1) is 0 Å². The third kappa shape index (κ3) is 3.57. The molecule has 1 heterocycles. The molecule has 1 aliphatic carbocycles. The fourth-order valence-corrected chi connectivity index (χ4v) is 3.60. The third-order valence-corrected chi connectivity index (χ3v) is 5.24. The van der Waals surface area contributed by atoms with Crippen LogP contribution in [-0.2, 0) is 16.0 Å². The van der Waals surface area contributed by atoms with Crippen molar-refractivity contribution in [1.82, 2.24) is 10.2 Å². The summed E-state index contributed by atoms with van der Waals surface area (Å²) in [7, 11) is 0. The zero-order chi connectivity index (χ0) is 16.4. The Morgan fingerprint density at radius 3 is 2.65 bits per heavy atom. The summed E-state index contributed by atoms with van der Waals surface area (Å²) < 4.78 is 0. The van der Waals surface area contributed by atoms with Crippen molar-refractivity contribution in [2.24, 2.45) is 0 Å². The number of rotatable bonds is 4. The van der Waals surface area contributed by atoms with E-state index < -0.39 is 0 Å². The molecule has 4 heteroatoms. The van der Waals surface area contributed by atoms with E-state index in [1.165, 1.54) is 11.1 Å². The first-order valence-corrected chi connectivity index (χ1v) is 8.64. The number of hydrogen-bond acceptors (Lipinski definition) is 2. The molecule has 0 unspecified atom stereocenters. The molecule has 23 heavy (non-hydrogen) atoms. The maximum atomic E-state index is 12.7. The first-order valence-electron chi connectivity index (χ1n) is 8.64. The van der Waals surface area contributed by atoms with E-state index in [4.69, 9.17) is 0 Å². The SMILES string of the molecule is CC(=O)N1CCCC[C@@H]1C(=O)NC1(Cc2ccccc2C)CC1. The highest BCUT2D eigenvalue weighted by Gasteiger charge is 2.46. The second-order valence-corrected chi connectivity index (χ2v) is 7.10. The van der Waals surface area contributed by atoms with E-state index in [1.807, 2.05) is 6.07 Å². The Morgan fingerprint density at radius 1 is 1.26 bits per heavy atom. The topological polar surface area (TPSA) is 49.4 Å². The zero-order valence-electron chi connectivity index (χ0n) is 14.1. The molecule has 2 fully saturated rings. The molecule has 1 N–H and O–H groups in total. The molecule has 1 aliphatic heterocycles. The van der Waals surface area contributed by atoms with Crippen molar-refractivity contribution in [3.63, 3.8) is 0 Å². The van der Waals surface area contributed by atoms with Crippen LogP contribution >= 0.6 is 0 Å². The molecule has 2 amide bonds. The maximum absolute atomic E-state index is 12.7. The van der Waals surface area contributed by atoms with E-state index in [0.29, 0.717) is 6.54 Å². The molecule has 0 aromatic heterocycles. The lowest BCUT2D eigenvalue weighted by Crippen LogP contribution is -2.54. The van der Waals surface area contributed by atoms with Crippen LogP contribution in [0.5, 0.6) is 0 Å². The number of likely N-dealkylation sites (tertiary alicyclic amines) is 1. The van der Waals surface area contributed by atoms with Gasteiger partial charge in [0.2, 0.25) is 11.8 Å². The van der Waals surface area contributed by atoms with Crippen molar-refractivity contribution in [3.8, 4) is 0 Å². The highest BCUT2D eigenvalue weighted by molar-refractivity contribution is 5.87. The largest absolute Gasteiger partial charge is 0.349 e. The average Bonchev–Trinajstić information content (AvgIpc) is 3.29. The average molecular weight is 314 g/mol. The summed E-state index contributed by atoms with van der Waals surface area (Å²) in [6.07, 6.45) is 5.74. The molecule has 3 rings (SSSR count). The van der Waals surface area contributed by atoms with Gasteiger partial charge < -0.3 is 10.2 Å². The number of hydrogen-bond donors (Lipinski definition) is 1. The Hall–Kier alpha value is -1.84. The van der Waals surface area contributed by atoms with E-state index in [1.54, 1.807) is 11.8 Å². The summed E-state index contributed by atoms with van der Waals surface area (Å²) in [5.41, 5.74) is 2.48. The van der Waals surface area contributed by atoms with Crippen molar-refractivity contribution in [1.29, 1.82) is 0 Å². The minimum Gasteiger partial charge on any atom is -0.349 e. The number of carbonyl (C=O) groups is 2. The van der Waals surface area contributed by atoms with E-state index in [0.717, 1.165) is 38.5 Å². The van der Waals surface area contributed by atoms with Crippen LogP contribution in [0, 0.1) is 6.92 Å². The normalized spacial score (nSPS) is 22.5. The molecular formula is C19H26N2O2. The number of carbonyl (C=O) groups excluding carboxylic acids is 2. The predicted molar refractivity (Wildman–Crippen MR) is 90.0 cm³/mol. The second-order valence-electron chi connectivity index (χ2n) is 7.10. The van der Waals surface area contributed by atoms with E-state index >= 15 is 0 Å². The number of aryl methyl sites for hydroxylation is 1. The van der Waals surface area contributed by atoms with Crippen molar-refractivity contribution in [3.05, 3.63) is 35.4 Å². The van der Waals surface area contributed by atoms with Gasteiger partial charge in [0.05, 0.1) is 0 Å². The standard InChI is InChI=1S/C19H26N2O2/c1-14-7-3-4-8-16(14)13-19(10-11-19)20-18(23)17-9-5-6-12-21(17)15(2)22/h3-4,7-8,17H,5-6,9-13H2,1-2H3,(H,20,23)/t17-/m1/s1. The molecule has 0 radical (unpaired) electrons. The Labute approximate surface area is 138 Å². The smallest absolute Gasteiger partial charge is 0.243 e. The quantitative estimate of drug-likeness (QED) is 0.928. The van der Waals surface area contributed by atoms with Gasteiger partial charge in [-0.3, -0.25) is 9.59 Å². The Balaban J connectivity index is 1.67. The lowest BCUT2D eigenvalue weighted by Gasteiger charge is -2.35. The van der Waals surface area contributed by atoms with Crippen LogP contribution in [0.4, 0.5) is 0 Å². The van der Waals surface area contributed by atoms with Crippen molar-refractivity contribution < 1.29 is 9.59 Å². The number of benzene rings is 1. The van der Waals surface area contributed by atoms with Crippen molar-refractivity contribution in [2.45, 2.75) is 64.0 Å². The lowest BCUT2D eigenvalue weighted by molar-refractivity contribution is -0.141. The third-order valence-electron chi connectivity index (χ3n) is 5.24. The molecule has 4 nitrogen and oxygen atoms in total. The first kappa shape index (κ1) is 16.0. The van der Waals surface area contributed by atoms with Crippen LogP contribution in [0.25, 0.3) is 0 Å². The van der Waals surface area contributed by atoms with E-state index in [-0.39, 0.29) is 23.4 Å². The Bertz CT molecular complexity index is 607. The predicted octanol–water partition coefficient (Wildman–Crippen LogP) is 2.59. The van der Waals surface area contributed by atoms with Gasteiger partial charge in [0, 0.05) is 19.0 Å². The molecule has 2 aliphatic rings. The van der Waals surface area contributed by atoms with E-state index in [2.05, 4.69) is 30.4 Å². The van der Waals surface area contributed by atoms with Crippen LogP contribution in [0.15, 0.2) is 24.3 Å². The van der Waals surface area contributed by atoms with Gasteiger partial charge in [0.15, 0.2) is 0 Å². The summed E-state index contributed by atoms with van der Waals surface area (Å²) in [5.74, 6) is 0.0413. The molecule has 0 bridgehead atoms. The monoisotopic (exact) mass is 314 g/mol. The number of piperidine rings is 1. The van der Waals surface area contributed by atoms with Gasteiger partial charge in [0.25, 0.3) is 0 Å². The number of nitrogens with one attached hydrogen (secondary N) is 1. The summed E-state index contributed by atoms with van der Waals surface area (Å²) in [4.78, 5) is 26.3. The van der Waals surface area contributed by atoms with Crippen LogP contribution in [0.3, 0.4) is 0 Å². The van der Waals surface area contributed by atoms with Gasteiger partial charge in [-0.1, -0.05) is 24.3 Å². The van der Waals surface area contributed by atoms with Gasteiger partial charge in [0.1, 0.15) is 6.04 Å². The summed E-state index contributed by atoms with van der Waals surface area (Å²) in [5, 5.41) is 3.26. The second kappa shape index (κ2) is 6.34. The first-order chi connectivity index (χ1) is 11.0. The van der Waals surface area contributed by atoms with Gasteiger partial charge in [-0.2, -0.15) is 0 Å².